The molecule has 0 radical (unpaired) electrons. The molecule has 2 N–H and O–H groups in total. The Morgan fingerprint density at radius 3 is 2.00 bits per heavy atom. The first kappa shape index (κ1) is 16.9. The fraction of sp³-hybridized carbons (Fsp3) is 0.765. The van der Waals surface area contributed by atoms with E-state index in [4.69, 9.17) is 0 Å². The zero-order chi connectivity index (χ0) is 16.9. The Labute approximate surface area is 142 Å². The van der Waals surface area contributed by atoms with Crippen LogP contribution >= 0.6 is 0 Å². The molecular formula is C17H27N5O2. The average Bonchev–Trinajstić information content (AvgIpc) is 2.56. The third kappa shape index (κ3) is 4.13. The zero-order valence-electron chi connectivity index (χ0n) is 14.4. The molecule has 0 aromatic carbocycles. The van der Waals surface area contributed by atoms with Gasteiger partial charge in [0.2, 0.25) is 11.8 Å². The summed E-state index contributed by atoms with van der Waals surface area (Å²) in [6, 6.07) is 0.649. The van der Waals surface area contributed by atoms with Crippen LogP contribution in [0.5, 0.6) is 0 Å². The Kier molecular flexibility index (Phi) is 5.48. The summed E-state index contributed by atoms with van der Waals surface area (Å²) in [6.45, 7) is 1.69. The number of nitrogens with one attached hydrogen (secondary N) is 2. The first-order chi connectivity index (χ1) is 11.6. The van der Waals surface area contributed by atoms with Crippen LogP contribution in [0.3, 0.4) is 0 Å². The number of aromatic nitrogens is 2. The molecule has 1 aromatic rings. The topological polar surface area (TPSA) is 93.0 Å². The highest BCUT2D eigenvalue weighted by molar-refractivity contribution is 5.61. The largest absolute Gasteiger partial charge is 0.361 e. The predicted molar refractivity (Wildman–Crippen MR) is 94.4 cm³/mol. The first-order valence-corrected chi connectivity index (χ1v) is 9.19. The van der Waals surface area contributed by atoms with E-state index in [9.17, 15) is 10.1 Å². The second-order valence-electron chi connectivity index (χ2n) is 7.05. The van der Waals surface area contributed by atoms with Crippen LogP contribution in [0.15, 0.2) is 0 Å². The molecule has 132 valence electrons. The highest BCUT2D eigenvalue weighted by atomic mass is 16.6. The Morgan fingerprint density at radius 1 is 0.917 bits per heavy atom. The fourth-order valence-electron chi connectivity index (χ4n) is 3.82. The molecule has 0 aliphatic heterocycles. The second kappa shape index (κ2) is 7.77. The summed E-state index contributed by atoms with van der Waals surface area (Å²) >= 11 is 0. The second-order valence-corrected chi connectivity index (χ2v) is 7.05. The monoisotopic (exact) mass is 333 g/mol. The van der Waals surface area contributed by atoms with E-state index in [-0.39, 0.29) is 16.7 Å². The molecule has 2 fully saturated rings. The van der Waals surface area contributed by atoms with Gasteiger partial charge in [-0.3, -0.25) is 10.1 Å². The average molecular weight is 333 g/mol. The molecule has 2 aliphatic carbocycles. The Bertz CT molecular complexity index is 581. The summed E-state index contributed by atoms with van der Waals surface area (Å²) in [5.41, 5.74) is 0.432. The Morgan fingerprint density at radius 2 is 1.46 bits per heavy atom. The minimum atomic E-state index is -0.370. The van der Waals surface area contributed by atoms with Gasteiger partial charge in [-0.1, -0.05) is 38.5 Å². The summed E-state index contributed by atoms with van der Waals surface area (Å²) in [6.07, 6.45) is 11.6. The number of aryl methyl sites for hydroxylation is 1. The predicted octanol–water partition coefficient (Wildman–Crippen LogP) is 4.18. The van der Waals surface area contributed by atoms with Gasteiger partial charge >= 0.3 is 5.69 Å². The molecule has 0 amide bonds. The molecule has 0 atom stereocenters. The van der Waals surface area contributed by atoms with Gasteiger partial charge < -0.3 is 10.6 Å². The van der Waals surface area contributed by atoms with Crippen LogP contribution in [0.1, 0.15) is 69.9 Å². The SMILES string of the molecule is Cc1nc(NC2CCCCC2)nc(NC2CCCCC2)c1[N+](=O)[O-]. The smallest absolute Gasteiger partial charge is 0.332 e. The van der Waals surface area contributed by atoms with Gasteiger partial charge in [-0.25, -0.2) is 4.98 Å². The molecule has 0 saturated heterocycles. The number of anilines is 2. The lowest BCUT2D eigenvalue weighted by molar-refractivity contribution is -0.385. The zero-order valence-corrected chi connectivity index (χ0v) is 14.4. The van der Waals surface area contributed by atoms with Crippen molar-refractivity contribution >= 4 is 17.5 Å². The molecule has 0 unspecified atom stereocenters. The number of hydrogen-bond donors (Lipinski definition) is 2. The van der Waals surface area contributed by atoms with Crippen LogP contribution in [0.4, 0.5) is 17.5 Å². The summed E-state index contributed by atoms with van der Waals surface area (Å²) in [7, 11) is 0. The first-order valence-electron chi connectivity index (χ1n) is 9.19. The Balaban J connectivity index is 1.81. The minimum Gasteiger partial charge on any atom is -0.361 e. The van der Waals surface area contributed by atoms with Crippen LogP contribution in [0, 0.1) is 17.0 Å². The number of hydrogen-bond acceptors (Lipinski definition) is 6. The van der Waals surface area contributed by atoms with Crippen LogP contribution < -0.4 is 10.6 Å². The van der Waals surface area contributed by atoms with Crippen LogP contribution in [0.25, 0.3) is 0 Å². The van der Waals surface area contributed by atoms with Gasteiger partial charge in [-0.2, -0.15) is 4.98 Å². The van der Waals surface area contributed by atoms with E-state index in [0.29, 0.717) is 23.5 Å². The molecule has 1 heterocycles. The number of nitrogens with zero attached hydrogens (tertiary/aromatic N) is 3. The van der Waals surface area contributed by atoms with Crippen molar-refractivity contribution in [2.75, 3.05) is 10.6 Å². The fourth-order valence-corrected chi connectivity index (χ4v) is 3.82. The quantitative estimate of drug-likeness (QED) is 0.620. The minimum absolute atomic E-state index is 0.00904. The lowest BCUT2D eigenvalue weighted by Crippen LogP contribution is -2.26. The lowest BCUT2D eigenvalue weighted by Gasteiger charge is -2.25. The van der Waals surface area contributed by atoms with Crippen molar-refractivity contribution in [3.63, 3.8) is 0 Å². The molecule has 2 aliphatic rings. The molecule has 2 saturated carbocycles. The van der Waals surface area contributed by atoms with Crippen molar-refractivity contribution < 1.29 is 4.92 Å². The van der Waals surface area contributed by atoms with Crippen molar-refractivity contribution in [3.05, 3.63) is 15.8 Å². The van der Waals surface area contributed by atoms with Gasteiger partial charge in [0.05, 0.1) is 4.92 Å². The normalized spacial score (nSPS) is 19.9. The standard InChI is InChI=1S/C17H27N5O2/c1-12-15(22(23)24)16(19-13-8-4-2-5-9-13)21-17(18-12)20-14-10-6-3-7-11-14/h13-14H,2-11H2,1H3,(H2,18,19,20,21). The van der Waals surface area contributed by atoms with E-state index in [1.54, 1.807) is 6.92 Å². The van der Waals surface area contributed by atoms with Gasteiger partial charge in [0.25, 0.3) is 0 Å². The molecule has 7 nitrogen and oxygen atoms in total. The van der Waals surface area contributed by atoms with E-state index < -0.39 is 0 Å². The summed E-state index contributed by atoms with van der Waals surface area (Å²) < 4.78 is 0. The van der Waals surface area contributed by atoms with Crippen molar-refractivity contribution in [1.29, 1.82) is 0 Å². The van der Waals surface area contributed by atoms with Crippen molar-refractivity contribution in [2.45, 2.75) is 83.2 Å². The van der Waals surface area contributed by atoms with Gasteiger partial charge in [-0.15, -0.1) is 0 Å². The Hall–Kier alpha value is -1.92. The number of nitro groups is 1. The molecule has 24 heavy (non-hydrogen) atoms. The maximum Gasteiger partial charge on any atom is 0.332 e. The van der Waals surface area contributed by atoms with E-state index >= 15 is 0 Å². The molecule has 0 bridgehead atoms. The van der Waals surface area contributed by atoms with Crippen LogP contribution in [-0.4, -0.2) is 27.0 Å². The van der Waals surface area contributed by atoms with Crippen LogP contribution in [0.2, 0.25) is 0 Å². The van der Waals surface area contributed by atoms with Crippen molar-refractivity contribution in [2.24, 2.45) is 0 Å². The molecule has 3 rings (SSSR count). The van der Waals surface area contributed by atoms with Gasteiger partial charge in [0.1, 0.15) is 5.69 Å². The lowest BCUT2D eigenvalue weighted by atomic mass is 9.95. The summed E-state index contributed by atoms with van der Waals surface area (Å²) in [5.74, 6) is 0.890. The van der Waals surface area contributed by atoms with Gasteiger partial charge in [-0.05, 0) is 32.6 Å². The van der Waals surface area contributed by atoms with Crippen LogP contribution in [-0.2, 0) is 0 Å². The van der Waals surface area contributed by atoms with Gasteiger partial charge in [0.15, 0.2) is 0 Å². The highest BCUT2D eigenvalue weighted by Crippen LogP contribution is 2.30. The van der Waals surface area contributed by atoms with E-state index in [1.807, 2.05) is 0 Å². The highest BCUT2D eigenvalue weighted by Gasteiger charge is 2.25. The molecular weight excluding hydrogens is 306 g/mol. The third-order valence-corrected chi connectivity index (χ3v) is 5.13. The van der Waals surface area contributed by atoms with E-state index in [2.05, 4.69) is 20.6 Å². The number of rotatable bonds is 5. The third-order valence-electron chi connectivity index (χ3n) is 5.13. The van der Waals surface area contributed by atoms with E-state index in [1.165, 1.54) is 38.5 Å². The molecule has 1 aromatic heterocycles. The van der Waals surface area contributed by atoms with Gasteiger partial charge in [0, 0.05) is 12.1 Å². The summed E-state index contributed by atoms with van der Waals surface area (Å²) in [5, 5.41) is 18.1. The van der Waals surface area contributed by atoms with Crippen molar-refractivity contribution in [1.82, 2.24) is 9.97 Å². The van der Waals surface area contributed by atoms with E-state index in [0.717, 1.165) is 25.7 Å². The molecule has 0 spiro atoms. The maximum absolute atomic E-state index is 11.5. The summed E-state index contributed by atoms with van der Waals surface area (Å²) in [4.78, 5) is 19.9. The maximum atomic E-state index is 11.5. The van der Waals surface area contributed by atoms with Crippen molar-refractivity contribution in [3.8, 4) is 0 Å². The molecule has 7 heteroatoms.